The molecule has 0 saturated carbocycles. The lowest BCUT2D eigenvalue weighted by atomic mass is 10.0. The van der Waals surface area contributed by atoms with Gasteiger partial charge in [-0.2, -0.15) is 5.11 Å². The molecule has 0 saturated heterocycles. The van der Waals surface area contributed by atoms with Crippen LogP contribution in [0.15, 0.2) is 0 Å². The van der Waals surface area contributed by atoms with E-state index < -0.39 is 5.97 Å². The maximum atomic E-state index is 10.5. The van der Waals surface area contributed by atoms with Crippen molar-refractivity contribution in [3.63, 3.8) is 0 Å². The first-order valence-electron chi connectivity index (χ1n) is 9.21. The second-order valence-corrected chi connectivity index (χ2v) is 6.44. The van der Waals surface area contributed by atoms with Crippen LogP contribution in [-0.2, 0) is 5.11 Å². The van der Waals surface area contributed by atoms with Gasteiger partial charge >= 0.3 is 5.97 Å². The highest BCUT2D eigenvalue weighted by Gasteiger charge is 2.19. The lowest BCUT2D eigenvalue weighted by molar-refractivity contribution is -0.347. The molecule has 0 aliphatic carbocycles. The van der Waals surface area contributed by atoms with Crippen LogP contribution < -0.4 is 0 Å². The SMILES string of the molecule is CCCCCCCCCCCCCCCCCC([O])(O)O. The van der Waals surface area contributed by atoms with E-state index in [0.29, 0.717) is 6.42 Å². The zero-order valence-corrected chi connectivity index (χ0v) is 14.1. The van der Waals surface area contributed by atoms with E-state index in [1.807, 2.05) is 0 Å². The molecule has 2 N–H and O–H groups in total. The van der Waals surface area contributed by atoms with Gasteiger partial charge in [0.15, 0.2) is 0 Å². The molecule has 0 aliphatic rings. The van der Waals surface area contributed by atoms with Gasteiger partial charge in [-0.15, -0.1) is 0 Å². The van der Waals surface area contributed by atoms with E-state index in [0.717, 1.165) is 12.8 Å². The molecule has 0 unspecified atom stereocenters. The summed E-state index contributed by atoms with van der Waals surface area (Å²) in [6, 6.07) is 0. The van der Waals surface area contributed by atoms with Gasteiger partial charge in [-0.3, -0.25) is 0 Å². The smallest absolute Gasteiger partial charge is 0.307 e. The van der Waals surface area contributed by atoms with Gasteiger partial charge in [0.2, 0.25) is 0 Å². The summed E-state index contributed by atoms with van der Waals surface area (Å²) in [6.45, 7) is 2.26. The summed E-state index contributed by atoms with van der Waals surface area (Å²) < 4.78 is 0. The third kappa shape index (κ3) is 19.9. The normalized spacial score (nSPS) is 12.0. The minimum Gasteiger partial charge on any atom is -0.342 e. The van der Waals surface area contributed by atoms with Gasteiger partial charge in [-0.05, 0) is 6.42 Å². The molecule has 127 valence electrons. The zero-order chi connectivity index (χ0) is 15.8. The quantitative estimate of drug-likeness (QED) is 0.299. The monoisotopic (exact) mass is 301 g/mol. The van der Waals surface area contributed by atoms with Gasteiger partial charge in [0.25, 0.3) is 0 Å². The minimum absolute atomic E-state index is 0.0503. The Morgan fingerprint density at radius 3 is 1.14 bits per heavy atom. The minimum atomic E-state index is -2.71. The highest BCUT2D eigenvalue weighted by Crippen LogP contribution is 2.15. The average molecular weight is 301 g/mol. The number of hydrogen-bond donors (Lipinski definition) is 2. The van der Waals surface area contributed by atoms with E-state index in [-0.39, 0.29) is 6.42 Å². The first-order valence-corrected chi connectivity index (χ1v) is 9.21. The maximum Gasteiger partial charge on any atom is 0.307 e. The van der Waals surface area contributed by atoms with Gasteiger partial charge in [0, 0.05) is 6.42 Å². The molecule has 0 atom stereocenters. The van der Waals surface area contributed by atoms with Crippen molar-refractivity contribution in [1.29, 1.82) is 0 Å². The van der Waals surface area contributed by atoms with E-state index in [2.05, 4.69) is 6.92 Å². The Balaban J connectivity index is 3.00. The molecule has 0 aromatic heterocycles. The summed E-state index contributed by atoms with van der Waals surface area (Å²) in [5, 5.41) is 27.8. The first-order chi connectivity index (χ1) is 10.1. The molecule has 21 heavy (non-hydrogen) atoms. The van der Waals surface area contributed by atoms with Crippen LogP contribution in [0.5, 0.6) is 0 Å². The van der Waals surface area contributed by atoms with E-state index in [9.17, 15) is 5.11 Å². The summed E-state index contributed by atoms with van der Waals surface area (Å²) in [6.07, 6.45) is 18.9. The fourth-order valence-electron chi connectivity index (χ4n) is 2.73. The predicted octanol–water partition coefficient (Wildman–Crippen LogP) is 5.32. The van der Waals surface area contributed by atoms with E-state index in [1.165, 1.54) is 77.0 Å². The van der Waals surface area contributed by atoms with Crippen molar-refractivity contribution < 1.29 is 15.3 Å². The fourth-order valence-corrected chi connectivity index (χ4v) is 2.73. The number of aliphatic hydroxyl groups is 2. The second kappa shape index (κ2) is 14.8. The molecule has 0 rings (SSSR count). The van der Waals surface area contributed by atoms with E-state index in [1.54, 1.807) is 0 Å². The molecule has 0 bridgehead atoms. The molecule has 0 heterocycles. The summed E-state index contributed by atoms with van der Waals surface area (Å²) in [7, 11) is 0. The lowest BCUT2D eigenvalue weighted by Gasteiger charge is -2.10. The van der Waals surface area contributed by atoms with Crippen LogP contribution in [0.25, 0.3) is 0 Å². The Morgan fingerprint density at radius 1 is 0.571 bits per heavy atom. The third-order valence-electron chi connectivity index (χ3n) is 4.11. The first kappa shape index (κ1) is 20.9. The van der Waals surface area contributed by atoms with Gasteiger partial charge < -0.3 is 10.2 Å². The molecular formula is C18H37O3. The van der Waals surface area contributed by atoms with Crippen LogP contribution in [-0.4, -0.2) is 16.2 Å². The fraction of sp³-hybridized carbons (Fsp3) is 1.00. The van der Waals surface area contributed by atoms with Crippen molar-refractivity contribution in [3.8, 4) is 0 Å². The van der Waals surface area contributed by atoms with Crippen LogP contribution in [0.1, 0.15) is 110 Å². The highest BCUT2D eigenvalue weighted by molar-refractivity contribution is 4.51. The van der Waals surface area contributed by atoms with Gasteiger partial charge in [0.05, 0.1) is 0 Å². The molecule has 1 radical (unpaired) electrons. The van der Waals surface area contributed by atoms with Crippen LogP contribution >= 0.6 is 0 Å². The Hall–Kier alpha value is -0.120. The largest absolute Gasteiger partial charge is 0.342 e. The van der Waals surface area contributed by atoms with Crippen molar-refractivity contribution in [2.75, 3.05) is 0 Å². The van der Waals surface area contributed by atoms with Gasteiger partial charge in [-0.25, -0.2) is 0 Å². The van der Waals surface area contributed by atoms with Crippen molar-refractivity contribution in [1.82, 2.24) is 0 Å². The molecule has 0 fully saturated rings. The summed E-state index contributed by atoms with van der Waals surface area (Å²) in [5.41, 5.74) is 0. The van der Waals surface area contributed by atoms with Crippen LogP contribution in [0.2, 0.25) is 0 Å². The molecule has 3 heteroatoms. The van der Waals surface area contributed by atoms with Crippen LogP contribution in [0.4, 0.5) is 0 Å². The summed E-state index contributed by atoms with van der Waals surface area (Å²) in [5.74, 6) is -2.71. The average Bonchev–Trinajstić information content (AvgIpc) is 2.42. The third-order valence-corrected chi connectivity index (χ3v) is 4.11. The van der Waals surface area contributed by atoms with Crippen LogP contribution in [0.3, 0.4) is 0 Å². The topological polar surface area (TPSA) is 60.4 Å². The number of rotatable bonds is 16. The Bertz CT molecular complexity index is 199. The molecule has 3 nitrogen and oxygen atoms in total. The number of hydrogen-bond acceptors (Lipinski definition) is 2. The Kier molecular flexibility index (Phi) is 14.7. The molecular weight excluding hydrogens is 264 g/mol. The highest BCUT2D eigenvalue weighted by atomic mass is 16.7. The molecule has 0 aliphatic heterocycles. The predicted molar refractivity (Wildman–Crippen MR) is 87.4 cm³/mol. The summed E-state index contributed by atoms with van der Waals surface area (Å²) >= 11 is 0. The van der Waals surface area contributed by atoms with E-state index >= 15 is 0 Å². The van der Waals surface area contributed by atoms with Crippen LogP contribution in [0, 0.1) is 0 Å². The molecule has 0 spiro atoms. The van der Waals surface area contributed by atoms with Crippen molar-refractivity contribution in [3.05, 3.63) is 0 Å². The zero-order valence-electron chi connectivity index (χ0n) is 14.1. The standard InChI is InChI=1S/C18H37O3/c1-2-3-4-5-6-7-8-9-10-11-12-13-14-15-16-17-18(19,20)21/h19-20H,2-17H2,1H3. The second-order valence-electron chi connectivity index (χ2n) is 6.44. The molecule has 0 aromatic carbocycles. The number of unbranched alkanes of at least 4 members (excludes halogenated alkanes) is 14. The lowest BCUT2D eigenvalue weighted by Crippen LogP contribution is -2.24. The Morgan fingerprint density at radius 2 is 0.857 bits per heavy atom. The van der Waals surface area contributed by atoms with Crippen molar-refractivity contribution >= 4 is 0 Å². The molecule has 0 aromatic rings. The van der Waals surface area contributed by atoms with E-state index in [4.69, 9.17) is 10.2 Å². The molecule has 0 amide bonds. The summed E-state index contributed by atoms with van der Waals surface area (Å²) in [4.78, 5) is 0. The maximum absolute atomic E-state index is 10.5. The van der Waals surface area contributed by atoms with Crippen molar-refractivity contribution in [2.24, 2.45) is 0 Å². The Labute approximate surface area is 131 Å². The van der Waals surface area contributed by atoms with Crippen molar-refractivity contribution in [2.45, 2.75) is 116 Å². The van der Waals surface area contributed by atoms with Gasteiger partial charge in [0.1, 0.15) is 0 Å². The van der Waals surface area contributed by atoms with Gasteiger partial charge in [-0.1, -0.05) is 96.8 Å².